The first kappa shape index (κ1) is 25.4. The number of primary amides is 1. The van der Waals surface area contributed by atoms with Crippen molar-refractivity contribution in [1.29, 1.82) is 5.41 Å². The van der Waals surface area contributed by atoms with E-state index in [1.165, 1.54) is 28.8 Å². The molecule has 1 unspecified atom stereocenters. The average molecular weight is 613 g/mol. The number of carbonyl (C=O) groups excluding carboxylic acids is 1. The Morgan fingerprint density at radius 1 is 1.36 bits per heavy atom. The van der Waals surface area contributed by atoms with Gasteiger partial charge in [-0.1, -0.05) is 29.8 Å². The quantitative estimate of drug-likeness (QED) is 0.252. The van der Waals surface area contributed by atoms with Crippen LogP contribution in [-0.2, 0) is 17.5 Å². The summed E-state index contributed by atoms with van der Waals surface area (Å²) in [5.41, 5.74) is 4.61. The van der Waals surface area contributed by atoms with E-state index in [9.17, 15) is 22.8 Å². The molecule has 3 rings (SSSR count). The summed E-state index contributed by atoms with van der Waals surface area (Å²) in [7, 11) is 0. The van der Waals surface area contributed by atoms with Crippen molar-refractivity contribution in [3.05, 3.63) is 68.2 Å². The molecule has 0 aliphatic carbocycles. The fourth-order valence-electron chi connectivity index (χ4n) is 3.40. The third-order valence-corrected chi connectivity index (χ3v) is 7.23. The Morgan fingerprint density at radius 3 is 2.70 bits per heavy atom. The molecule has 14 heteroatoms. The smallest absolute Gasteiger partial charge is 0.384 e. The average Bonchev–Trinajstić information content (AvgIpc) is 2.78. The van der Waals surface area contributed by atoms with Crippen LogP contribution in [-0.4, -0.2) is 34.3 Å². The van der Waals surface area contributed by atoms with Crippen LogP contribution in [0.4, 0.5) is 18.9 Å². The van der Waals surface area contributed by atoms with Crippen LogP contribution in [0.2, 0.25) is 5.02 Å². The number of rotatable bonds is 7. The van der Waals surface area contributed by atoms with Gasteiger partial charge >= 0.3 is 6.18 Å². The number of carbonyl (C=O) groups is 1. The van der Waals surface area contributed by atoms with Crippen molar-refractivity contribution in [2.45, 2.75) is 19.1 Å². The van der Waals surface area contributed by atoms with Crippen molar-refractivity contribution in [1.82, 2.24) is 14.9 Å². The summed E-state index contributed by atoms with van der Waals surface area (Å²) in [6.07, 6.45) is -2.77. The maximum atomic E-state index is 13.3. The lowest BCUT2D eigenvalue weighted by Crippen LogP contribution is -2.41. The molecule has 0 saturated carbocycles. The summed E-state index contributed by atoms with van der Waals surface area (Å²) in [5, 5.41) is 15.1. The second-order valence-corrected chi connectivity index (χ2v) is 9.44. The molecule has 1 atom stereocenters. The predicted molar refractivity (Wildman–Crippen MR) is 130 cm³/mol. The summed E-state index contributed by atoms with van der Waals surface area (Å²) < 4.78 is 41.1. The van der Waals surface area contributed by atoms with Gasteiger partial charge in [0.1, 0.15) is 10.7 Å². The number of nitrogens with two attached hydrogens (primary N) is 1. The van der Waals surface area contributed by atoms with Gasteiger partial charge in [-0.3, -0.25) is 15.0 Å². The monoisotopic (exact) mass is 612 g/mol. The Bertz CT molecular complexity index is 1190. The Hall–Kier alpha value is -2.18. The molecule has 0 saturated heterocycles. The third-order valence-electron chi connectivity index (χ3n) is 5.03. The van der Waals surface area contributed by atoms with Crippen LogP contribution in [0, 0.1) is 5.41 Å². The molecule has 1 aromatic carbocycles. The van der Waals surface area contributed by atoms with Gasteiger partial charge in [-0.25, -0.2) is 4.45 Å². The van der Waals surface area contributed by atoms with Gasteiger partial charge in [-0.15, -0.1) is 0 Å². The number of amides is 1. The SMILES string of the molecule is N=C(C(N)=O)C1=C(NCc2ccccc2C(F)(F)F)CCN(c2cnn(PI)c(=O)c2Cl)C1. The topological polar surface area (TPSA) is 117 Å². The van der Waals surface area contributed by atoms with Crippen molar-refractivity contribution in [2.24, 2.45) is 5.73 Å². The highest BCUT2D eigenvalue weighted by atomic mass is 127. The minimum absolute atomic E-state index is 0.00238. The van der Waals surface area contributed by atoms with Crippen LogP contribution in [0.25, 0.3) is 0 Å². The molecule has 0 fully saturated rings. The summed E-state index contributed by atoms with van der Waals surface area (Å²) in [4.78, 5) is 25.7. The van der Waals surface area contributed by atoms with Crippen LogP contribution in [0.1, 0.15) is 17.5 Å². The first-order chi connectivity index (χ1) is 15.5. The molecular weight excluding hydrogens is 595 g/mol. The summed E-state index contributed by atoms with van der Waals surface area (Å²) in [6.45, 7) is 0.175. The lowest BCUT2D eigenvalue weighted by Gasteiger charge is -2.33. The third kappa shape index (κ3) is 5.67. The molecule has 0 bridgehead atoms. The van der Waals surface area contributed by atoms with Crippen LogP contribution in [0.15, 0.2) is 46.5 Å². The second kappa shape index (κ2) is 10.4. The number of nitrogens with one attached hydrogen (secondary N) is 2. The maximum absolute atomic E-state index is 13.3. The van der Waals surface area contributed by atoms with E-state index in [1.54, 1.807) is 4.90 Å². The number of anilines is 1. The zero-order valence-electron chi connectivity index (χ0n) is 16.8. The highest BCUT2D eigenvalue weighted by molar-refractivity contribution is 14.2. The molecule has 33 heavy (non-hydrogen) atoms. The second-order valence-electron chi connectivity index (χ2n) is 7.02. The predicted octanol–water partition coefficient (Wildman–Crippen LogP) is 3.47. The van der Waals surface area contributed by atoms with Crippen LogP contribution < -0.4 is 21.5 Å². The number of halogens is 5. The normalized spacial score (nSPS) is 14.8. The Morgan fingerprint density at radius 2 is 2.06 bits per heavy atom. The van der Waals surface area contributed by atoms with Gasteiger partial charge in [0.25, 0.3) is 11.5 Å². The highest BCUT2D eigenvalue weighted by Gasteiger charge is 2.33. The van der Waals surface area contributed by atoms with Crippen molar-refractivity contribution in [3.63, 3.8) is 0 Å². The van der Waals surface area contributed by atoms with Crippen molar-refractivity contribution >= 4 is 57.3 Å². The molecule has 2 aromatic rings. The summed E-state index contributed by atoms with van der Waals surface area (Å²) in [6, 6.07) is 5.16. The van der Waals surface area contributed by atoms with Crippen LogP contribution in [0.5, 0.6) is 0 Å². The number of aromatic nitrogens is 2. The van der Waals surface area contributed by atoms with Crippen LogP contribution in [0.3, 0.4) is 0 Å². The molecule has 1 aliphatic heterocycles. The lowest BCUT2D eigenvalue weighted by atomic mass is 9.99. The van der Waals surface area contributed by atoms with Crippen molar-refractivity contribution in [2.75, 3.05) is 18.0 Å². The van der Waals surface area contributed by atoms with E-state index in [2.05, 4.69) is 10.4 Å². The van der Waals surface area contributed by atoms with E-state index in [0.29, 0.717) is 17.9 Å². The van der Waals surface area contributed by atoms with Gasteiger partial charge in [-0.05, 0) is 33.7 Å². The first-order valence-electron chi connectivity index (χ1n) is 9.43. The van der Waals surface area contributed by atoms with E-state index in [0.717, 1.165) is 6.07 Å². The molecule has 0 spiro atoms. The van der Waals surface area contributed by atoms with E-state index >= 15 is 0 Å². The zero-order valence-corrected chi connectivity index (χ0v) is 20.8. The lowest BCUT2D eigenvalue weighted by molar-refractivity contribution is -0.138. The number of nitrogens with zero attached hydrogens (tertiary/aromatic N) is 3. The standard InChI is InChI=1S/C19H18ClF3IN6O2P/c20-15-14(8-28-30(33-24)18(15)32)29-6-5-13(11(9-29)16(25)17(26)31)27-7-10-3-1-2-4-12(10)19(21,22)23/h1-4,8,25,27,33H,5-7,9H2,(H2,26,31). The fourth-order valence-corrected chi connectivity index (χ4v) is 5.04. The molecule has 1 amide bonds. The Kier molecular flexibility index (Phi) is 8.01. The number of benzene rings is 1. The molecule has 0 radical (unpaired) electrons. The number of hydrogen-bond acceptors (Lipinski definition) is 6. The largest absolute Gasteiger partial charge is 0.416 e. The maximum Gasteiger partial charge on any atom is 0.416 e. The minimum atomic E-state index is -4.51. The van der Waals surface area contributed by atoms with E-state index in [-0.39, 0.29) is 42.0 Å². The van der Waals surface area contributed by atoms with Gasteiger partial charge in [0.2, 0.25) is 0 Å². The number of hydrogen-bond donors (Lipinski definition) is 3. The molecule has 2 heterocycles. The molecule has 4 N–H and O–H groups in total. The van der Waals surface area contributed by atoms with Crippen molar-refractivity contribution < 1.29 is 18.0 Å². The Balaban J connectivity index is 1.92. The van der Waals surface area contributed by atoms with E-state index in [4.69, 9.17) is 22.7 Å². The number of alkyl halides is 3. The zero-order chi connectivity index (χ0) is 24.3. The molecule has 1 aromatic heterocycles. The molecule has 8 nitrogen and oxygen atoms in total. The van der Waals surface area contributed by atoms with Gasteiger partial charge in [0.15, 0.2) is 0 Å². The van der Waals surface area contributed by atoms with Gasteiger partial charge in [0, 0.05) is 37.3 Å². The van der Waals surface area contributed by atoms with E-state index < -0.39 is 28.9 Å². The molecule has 176 valence electrons. The molecule has 1 aliphatic rings. The minimum Gasteiger partial charge on any atom is -0.384 e. The van der Waals surface area contributed by atoms with Crippen molar-refractivity contribution in [3.8, 4) is 0 Å². The highest BCUT2D eigenvalue weighted by Crippen LogP contribution is 2.33. The van der Waals surface area contributed by atoms with E-state index in [1.807, 2.05) is 22.0 Å². The van der Waals surface area contributed by atoms with Gasteiger partial charge < -0.3 is 16.0 Å². The first-order valence-corrected chi connectivity index (χ1v) is 13.9. The Labute approximate surface area is 206 Å². The molecular formula is C19H18ClF3IN6O2P. The van der Waals surface area contributed by atoms with Gasteiger partial charge in [0.05, 0.1) is 23.8 Å². The summed E-state index contributed by atoms with van der Waals surface area (Å²) in [5.74, 6) is -0.979. The summed E-state index contributed by atoms with van der Waals surface area (Å²) >= 11 is 8.24. The van der Waals surface area contributed by atoms with Gasteiger partial charge in [-0.2, -0.15) is 18.3 Å². The fraction of sp³-hybridized carbons (Fsp3) is 0.263. The van der Waals surface area contributed by atoms with Crippen LogP contribution >= 0.6 is 40.0 Å².